The summed E-state index contributed by atoms with van der Waals surface area (Å²) in [6, 6.07) is 8.77. The lowest BCUT2D eigenvalue weighted by molar-refractivity contribution is -0.308. The van der Waals surface area contributed by atoms with E-state index in [1.165, 1.54) is 0 Å². The largest absolute Gasteiger partial charge is 0.434 e. The number of alkyl halides is 6. The second-order valence-corrected chi connectivity index (χ2v) is 7.31. The molecule has 1 aromatic rings. The van der Waals surface area contributed by atoms with Crippen LogP contribution in [0.25, 0.3) is 0 Å². The summed E-state index contributed by atoms with van der Waals surface area (Å²) in [7, 11) is 0. The van der Waals surface area contributed by atoms with Gasteiger partial charge in [0, 0.05) is 24.7 Å². The average Bonchev–Trinajstić information content (AvgIpc) is 3.32. The number of nitrogens with zero attached hydrogens (tertiary/aromatic N) is 1. The molecule has 2 fully saturated rings. The van der Waals surface area contributed by atoms with E-state index < -0.39 is 24.5 Å². The molecule has 29 heavy (non-hydrogen) atoms. The van der Waals surface area contributed by atoms with Crippen molar-refractivity contribution in [2.75, 3.05) is 18.4 Å². The van der Waals surface area contributed by atoms with Crippen LogP contribution in [-0.4, -0.2) is 48.4 Å². The molecule has 2 amide bonds. The number of amides is 2. The Morgan fingerprint density at radius 1 is 1.03 bits per heavy atom. The molecular formula is C18H18F6N2O3. The lowest BCUT2D eigenvalue weighted by Crippen LogP contribution is -2.49. The molecule has 0 radical (unpaired) electrons. The molecule has 1 aliphatic carbocycles. The van der Waals surface area contributed by atoms with E-state index in [-0.39, 0.29) is 30.3 Å². The van der Waals surface area contributed by atoms with Crippen LogP contribution in [-0.2, 0) is 9.53 Å². The molecule has 1 spiro atoms. The second kappa shape index (κ2) is 7.42. The van der Waals surface area contributed by atoms with Crippen LogP contribution in [0.4, 0.5) is 36.8 Å². The number of nitrogens with one attached hydrogen (secondary N) is 1. The van der Waals surface area contributed by atoms with Gasteiger partial charge in [-0.1, -0.05) is 18.2 Å². The van der Waals surface area contributed by atoms with Gasteiger partial charge in [0.15, 0.2) is 0 Å². The third kappa shape index (κ3) is 4.76. The Balaban J connectivity index is 1.53. The highest BCUT2D eigenvalue weighted by atomic mass is 19.4. The highest BCUT2D eigenvalue weighted by Gasteiger charge is 2.61. The number of piperidine rings is 1. The van der Waals surface area contributed by atoms with Gasteiger partial charge >= 0.3 is 18.4 Å². The minimum atomic E-state index is -5.75. The zero-order chi connectivity index (χ0) is 21.4. The number of likely N-dealkylation sites (tertiary alicyclic amines) is 1. The molecular weight excluding hydrogens is 406 g/mol. The molecule has 2 aliphatic rings. The summed E-state index contributed by atoms with van der Waals surface area (Å²) in [5, 5.41) is 2.77. The molecule has 1 heterocycles. The summed E-state index contributed by atoms with van der Waals surface area (Å²) in [6.45, 7) is -0.146. The van der Waals surface area contributed by atoms with Crippen LogP contribution in [0.3, 0.4) is 0 Å². The number of benzene rings is 1. The zero-order valence-corrected chi connectivity index (χ0v) is 15.0. The van der Waals surface area contributed by atoms with Gasteiger partial charge in [0.25, 0.3) is 6.10 Å². The number of carbonyl (C=O) groups excluding carboxylic acids is 2. The quantitative estimate of drug-likeness (QED) is 0.734. The number of hydrogen-bond acceptors (Lipinski definition) is 3. The van der Waals surface area contributed by atoms with E-state index in [1.807, 2.05) is 0 Å². The predicted octanol–water partition coefficient (Wildman–Crippen LogP) is 4.36. The van der Waals surface area contributed by atoms with Gasteiger partial charge in [-0.2, -0.15) is 26.3 Å². The van der Waals surface area contributed by atoms with E-state index in [2.05, 4.69) is 10.1 Å². The third-order valence-corrected chi connectivity index (χ3v) is 5.38. The van der Waals surface area contributed by atoms with Crippen LogP contribution in [0.2, 0.25) is 0 Å². The van der Waals surface area contributed by atoms with E-state index in [0.29, 0.717) is 24.9 Å². The molecule has 0 unspecified atom stereocenters. The van der Waals surface area contributed by atoms with E-state index in [9.17, 15) is 35.9 Å². The van der Waals surface area contributed by atoms with Gasteiger partial charge in [-0.25, -0.2) is 4.79 Å². The van der Waals surface area contributed by atoms with Crippen LogP contribution >= 0.6 is 0 Å². The summed E-state index contributed by atoms with van der Waals surface area (Å²) < 4.78 is 78.9. The molecule has 5 nitrogen and oxygen atoms in total. The first-order valence-corrected chi connectivity index (χ1v) is 8.87. The van der Waals surface area contributed by atoms with Gasteiger partial charge in [-0.15, -0.1) is 0 Å². The van der Waals surface area contributed by atoms with Gasteiger partial charge < -0.3 is 15.0 Å². The maximum Gasteiger partial charge on any atom is 0.434 e. The Bertz CT molecular complexity index is 743. The molecule has 3 rings (SSSR count). The van der Waals surface area contributed by atoms with E-state index in [4.69, 9.17) is 0 Å². The Kier molecular flexibility index (Phi) is 5.44. The molecule has 0 bridgehead atoms. The average molecular weight is 424 g/mol. The number of hydrogen-bond donors (Lipinski definition) is 1. The fourth-order valence-corrected chi connectivity index (χ4v) is 3.65. The van der Waals surface area contributed by atoms with Crippen LogP contribution in [0, 0.1) is 11.3 Å². The van der Waals surface area contributed by atoms with E-state index in [0.717, 1.165) is 4.90 Å². The van der Waals surface area contributed by atoms with Crippen molar-refractivity contribution in [1.82, 2.24) is 4.90 Å². The first-order valence-electron chi connectivity index (χ1n) is 8.87. The normalized spacial score (nSPS) is 21.2. The first kappa shape index (κ1) is 21.3. The van der Waals surface area contributed by atoms with E-state index >= 15 is 0 Å². The van der Waals surface area contributed by atoms with Crippen molar-refractivity contribution in [2.45, 2.75) is 37.7 Å². The van der Waals surface area contributed by atoms with Gasteiger partial charge in [0.05, 0.1) is 0 Å². The lowest BCUT2D eigenvalue weighted by Gasteiger charge is -2.33. The monoisotopic (exact) mass is 424 g/mol. The topological polar surface area (TPSA) is 58.6 Å². The Morgan fingerprint density at radius 2 is 1.59 bits per heavy atom. The van der Waals surface area contributed by atoms with Gasteiger partial charge in [0.2, 0.25) is 5.91 Å². The van der Waals surface area contributed by atoms with Crippen LogP contribution < -0.4 is 5.32 Å². The number of ether oxygens (including phenoxy) is 1. The first-order chi connectivity index (χ1) is 13.4. The van der Waals surface area contributed by atoms with Crippen LogP contribution in [0.15, 0.2) is 30.3 Å². The molecule has 1 atom stereocenters. The molecule has 11 heteroatoms. The minimum Gasteiger partial charge on any atom is -0.426 e. The number of carbonyl (C=O) groups is 2. The van der Waals surface area contributed by atoms with Gasteiger partial charge in [0.1, 0.15) is 0 Å². The lowest BCUT2D eigenvalue weighted by atomic mass is 9.91. The van der Waals surface area contributed by atoms with Crippen molar-refractivity contribution in [2.24, 2.45) is 11.3 Å². The maximum absolute atomic E-state index is 12.5. The predicted molar refractivity (Wildman–Crippen MR) is 88.8 cm³/mol. The summed E-state index contributed by atoms with van der Waals surface area (Å²) >= 11 is 0. The number of anilines is 1. The van der Waals surface area contributed by atoms with Crippen molar-refractivity contribution in [3.63, 3.8) is 0 Å². The van der Waals surface area contributed by atoms with Crippen molar-refractivity contribution in [1.29, 1.82) is 0 Å². The number of rotatable bonds is 3. The standard InChI is InChI=1S/C18H18F6N2O3/c19-17(20,21)14(18(22,23)24)29-15(28)26-8-6-16(7-9-26)10-12(16)13(27)25-11-4-2-1-3-5-11/h1-5,12,14H,6-10H2,(H,25,27)/t12-/m0/s1. The van der Waals surface area contributed by atoms with Gasteiger partial charge in [-0.05, 0) is 36.8 Å². The van der Waals surface area contributed by atoms with Crippen LogP contribution in [0.1, 0.15) is 19.3 Å². The zero-order valence-electron chi connectivity index (χ0n) is 15.0. The summed E-state index contributed by atoms with van der Waals surface area (Å²) in [5.74, 6) is -0.500. The SMILES string of the molecule is O=C(Nc1ccccc1)[C@@H]1CC12CCN(C(=O)OC(C(F)(F)F)C(F)(F)F)CC2. The number of halogens is 6. The summed E-state index contributed by atoms with van der Waals surface area (Å²) in [4.78, 5) is 25.0. The smallest absolute Gasteiger partial charge is 0.426 e. The van der Waals surface area contributed by atoms with E-state index in [1.54, 1.807) is 30.3 Å². The molecule has 1 aliphatic heterocycles. The van der Waals surface area contributed by atoms with Crippen molar-refractivity contribution < 1.29 is 40.7 Å². The van der Waals surface area contributed by atoms with Crippen molar-refractivity contribution in [3.05, 3.63) is 30.3 Å². The van der Waals surface area contributed by atoms with Crippen molar-refractivity contribution in [3.8, 4) is 0 Å². The Hall–Kier alpha value is -2.46. The molecule has 1 saturated heterocycles. The fourth-order valence-electron chi connectivity index (χ4n) is 3.65. The third-order valence-electron chi connectivity index (χ3n) is 5.38. The Labute approximate surface area is 162 Å². The molecule has 160 valence electrons. The molecule has 1 aromatic carbocycles. The molecule has 0 aromatic heterocycles. The summed E-state index contributed by atoms with van der Waals surface area (Å²) in [6.07, 6.45) is -16.2. The van der Waals surface area contributed by atoms with Crippen molar-refractivity contribution >= 4 is 17.7 Å². The summed E-state index contributed by atoms with van der Waals surface area (Å²) in [5.41, 5.74) is 0.245. The molecule has 1 N–H and O–H groups in total. The second-order valence-electron chi connectivity index (χ2n) is 7.31. The van der Waals surface area contributed by atoms with Gasteiger partial charge in [-0.3, -0.25) is 4.79 Å². The Morgan fingerprint density at radius 3 is 2.10 bits per heavy atom. The maximum atomic E-state index is 12.5. The minimum absolute atomic E-state index is 0.0730. The number of para-hydroxylation sites is 1. The highest BCUT2D eigenvalue weighted by molar-refractivity contribution is 5.95. The molecule has 1 saturated carbocycles. The van der Waals surface area contributed by atoms with Crippen LogP contribution in [0.5, 0.6) is 0 Å². The highest BCUT2D eigenvalue weighted by Crippen LogP contribution is 2.59. The fraction of sp³-hybridized carbons (Fsp3) is 0.556.